The molecule has 1 aromatic carbocycles. The van der Waals surface area contributed by atoms with Crippen LogP contribution in [0.4, 0.5) is 4.39 Å². The molecule has 0 spiro atoms. The van der Waals surface area contributed by atoms with Crippen molar-refractivity contribution in [3.8, 4) is 0 Å². The fourth-order valence-electron chi connectivity index (χ4n) is 1.60. The fraction of sp³-hybridized carbons (Fsp3) is 0.333. The van der Waals surface area contributed by atoms with Gasteiger partial charge in [-0.2, -0.15) is 0 Å². The molecule has 0 aliphatic carbocycles. The Bertz CT molecular complexity index is 528. The third kappa shape index (κ3) is 6.18. The summed E-state index contributed by atoms with van der Waals surface area (Å²) in [6.07, 6.45) is 2.82. The van der Waals surface area contributed by atoms with Crippen LogP contribution in [0.25, 0.3) is 6.08 Å². The topological polar surface area (TPSA) is 75.6 Å². The first-order chi connectivity index (χ1) is 10.0. The average Bonchev–Trinajstić information content (AvgIpc) is 2.44. The summed E-state index contributed by atoms with van der Waals surface area (Å²) in [7, 11) is 0. The lowest BCUT2D eigenvalue weighted by Gasteiger charge is -2.07. The van der Waals surface area contributed by atoms with Crippen molar-refractivity contribution in [1.29, 1.82) is 0 Å². The first-order valence-corrected chi connectivity index (χ1v) is 6.61. The van der Waals surface area contributed by atoms with E-state index in [1.165, 1.54) is 18.2 Å². The molecule has 5 nitrogen and oxygen atoms in total. The molecular formula is C15H18FNO4. The molecule has 114 valence electrons. The molecule has 0 unspecified atom stereocenters. The molecule has 1 rings (SSSR count). The van der Waals surface area contributed by atoms with Crippen LogP contribution in [0.3, 0.4) is 0 Å². The number of ether oxygens (including phenoxy) is 1. The number of rotatable bonds is 8. The molecule has 6 heteroatoms. The largest absolute Gasteiger partial charge is 0.478 e. The molecule has 0 heterocycles. The quantitative estimate of drug-likeness (QED) is 0.569. The second kappa shape index (κ2) is 8.86. The van der Waals surface area contributed by atoms with Gasteiger partial charge in [0.2, 0.25) is 0 Å². The minimum Gasteiger partial charge on any atom is -0.478 e. The Labute approximate surface area is 122 Å². The van der Waals surface area contributed by atoms with Crippen LogP contribution >= 0.6 is 0 Å². The van der Waals surface area contributed by atoms with E-state index in [2.05, 4.69) is 5.32 Å². The highest BCUT2D eigenvalue weighted by molar-refractivity contribution is 5.94. The van der Waals surface area contributed by atoms with Crippen molar-refractivity contribution in [1.82, 2.24) is 5.32 Å². The van der Waals surface area contributed by atoms with Gasteiger partial charge in [0, 0.05) is 25.8 Å². The van der Waals surface area contributed by atoms with Crippen molar-refractivity contribution in [2.45, 2.75) is 13.3 Å². The van der Waals surface area contributed by atoms with Crippen molar-refractivity contribution >= 4 is 18.0 Å². The van der Waals surface area contributed by atoms with Crippen LogP contribution in [-0.2, 0) is 9.53 Å². The minimum atomic E-state index is -1.12. The number of hydrogen-bond donors (Lipinski definition) is 2. The van der Waals surface area contributed by atoms with Gasteiger partial charge < -0.3 is 15.2 Å². The zero-order valence-corrected chi connectivity index (χ0v) is 11.8. The van der Waals surface area contributed by atoms with Crippen LogP contribution in [0, 0.1) is 5.82 Å². The van der Waals surface area contributed by atoms with Gasteiger partial charge in [0.1, 0.15) is 5.82 Å². The maximum absolute atomic E-state index is 13.8. The smallest absolute Gasteiger partial charge is 0.328 e. The second-order valence-electron chi connectivity index (χ2n) is 4.22. The number of aliphatic carboxylic acids is 1. The molecule has 0 aliphatic heterocycles. The lowest BCUT2D eigenvalue weighted by molar-refractivity contribution is -0.131. The Morgan fingerprint density at radius 1 is 1.43 bits per heavy atom. The van der Waals surface area contributed by atoms with E-state index in [0.717, 1.165) is 12.1 Å². The van der Waals surface area contributed by atoms with Gasteiger partial charge in [-0.15, -0.1) is 0 Å². The maximum Gasteiger partial charge on any atom is 0.328 e. The average molecular weight is 295 g/mol. The summed E-state index contributed by atoms with van der Waals surface area (Å²) in [5, 5.41) is 11.1. The molecule has 0 aromatic heterocycles. The zero-order chi connectivity index (χ0) is 15.7. The first-order valence-electron chi connectivity index (χ1n) is 6.61. The molecular weight excluding hydrogens is 277 g/mol. The van der Waals surface area contributed by atoms with Gasteiger partial charge in [0.05, 0.1) is 5.56 Å². The Morgan fingerprint density at radius 2 is 2.19 bits per heavy atom. The molecule has 1 aromatic rings. The van der Waals surface area contributed by atoms with Crippen molar-refractivity contribution in [3.63, 3.8) is 0 Å². The van der Waals surface area contributed by atoms with Gasteiger partial charge in [-0.25, -0.2) is 9.18 Å². The number of carboxylic acids is 1. The zero-order valence-electron chi connectivity index (χ0n) is 11.8. The van der Waals surface area contributed by atoms with E-state index in [0.29, 0.717) is 31.7 Å². The first kappa shape index (κ1) is 16.8. The normalized spacial score (nSPS) is 10.8. The molecule has 0 bridgehead atoms. The van der Waals surface area contributed by atoms with E-state index in [-0.39, 0.29) is 5.56 Å². The Morgan fingerprint density at radius 3 is 2.81 bits per heavy atom. The summed E-state index contributed by atoms with van der Waals surface area (Å²) < 4.78 is 18.9. The summed E-state index contributed by atoms with van der Waals surface area (Å²) in [4.78, 5) is 22.1. The van der Waals surface area contributed by atoms with Gasteiger partial charge in [0.25, 0.3) is 5.91 Å². The van der Waals surface area contributed by atoms with Crippen LogP contribution in [0.15, 0.2) is 24.3 Å². The summed E-state index contributed by atoms with van der Waals surface area (Å²) in [6, 6.07) is 3.93. The van der Waals surface area contributed by atoms with Crippen LogP contribution in [0.1, 0.15) is 29.3 Å². The van der Waals surface area contributed by atoms with Crippen molar-refractivity contribution in [2.24, 2.45) is 0 Å². The third-order valence-electron chi connectivity index (χ3n) is 2.61. The molecule has 21 heavy (non-hydrogen) atoms. The van der Waals surface area contributed by atoms with Crippen LogP contribution in [-0.4, -0.2) is 36.7 Å². The minimum absolute atomic E-state index is 0.0705. The predicted molar refractivity (Wildman–Crippen MR) is 76.5 cm³/mol. The van der Waals surface area contributed by atoms with E-state index >= 15 is 0 Å². The highest BCUT2D eigenvalue weighted by Gasteiger charge is 2.11. The SMILES string of the molecule is CCOCCCNC(=O)c1ccc(C=CC(=O)O)cc1F. The summed E-state index contributed by atoms with van der Waals surface area (Å²) >= 11 is 0. The second-order valence-corrected chi connectivity index (χ2v) is 4.22. The standard InChI is InChI=1S/C15H18FNO4/c1-2-21-9-3-8-17-15(20)12-6-4-11(10-13(12)16)5-7-14(18)19/h4-7,10H,2-3,8-9H2,1H3,(H,17,20)(H,18,19). The molecule has 0 saturated carbocycles. The summed E-state index contributed by atoms with van der Waals surface area (Å²) in [5.41, 5.74) is 0.307. The molecule has 0 radical (unpaired) electrons. The maximum atomic E-state index is 13.8. The number of carbonyl (C=O) groups is 2. The fourth-order valence-corrected chi connectivity index (χ4v) is 1.60. The third-order valence-corrected chi connectivity index (χ3v) is 2.61. The number of benzene rings is 1. The van der Waals surface area contributed by atoms with Crippen molar-refractivity contribution in [2.75, 3.05) is 19.8 Å². The highest BCUT2D eigenvalue weighted by atomic mass is 19.1. The monoisotopic (exact) mass is 295 g/mol. The van der Waals surface area contributed by atoms with Crippen molar-refractivity contribution in [3.05, 3.63) is 41.2 Å². The summed E-state index contributed by atoms with van der Waals surface area (Å²) in [5.74, 6) is -2.31. The lowest BCUT2D eigenvalue weighted by atomic mass is 10.1. The number of nitrogens with one attached hydrogen (secondary N) is 1. The van der Waals surface area contributed by atoms with Gasteiger partial charge in [-0.3, -0.25) is 4.79 Å². The van der Waals surface area contributed by atoms with E-state index in [1.807, 2.05) is 6.92 Å². The van der Waals surface area contributed by atoms with E-state index < -0.39 is 17.7 Å². The molecule has 0 saturated heterocycles. The highest BCUT2D eigenvalue weighted by Crippen LogP contribution is 2.12. The molecule has 2 N–H and O–H groups in total. The molecule has 1 amide bonds. The Balaban J connectivity index is 2.58. The number of carboxylic acid groups (broad SMARTS) is 1. The molecule has 0 aliphatic rings. The Kier molecular flexibility index (Phi) is 7.11. The molecule has 0 fully saturated rings. The number of hydrogen-bond acceptors (Lipinski definition) is 3. The summed E-state index contributed by atoms with van der Waals surface area (Å²) in [6.45, 7) is 3.44. The van der Waals surface area contributed by atoms with Crippen LogP contribution in [0.5, 0.6) is 0 Å². The number of amides is 1. The Hall–Kier alpha value is -2.21. The van der Waals surface area contributed by atoms with E-state index in [9.17, 15) is 14.0 Å². The van der Waals surface area contributed by atoms with Gasteiger partial charge >= 0.3 is 5.97 Å². The number of carbonyl (C=O) groups excluding carboxylic acids is 1. The lowest BCUT2D eigenvalue weighted by Crippen LogP contribution is -2.26. The van der Waals surface area contributed by atoms with E-state index in [1.54, 1.807) is 0 Å². The van der Waals surface area contributed by atoms with Crippen LogP contribution in [0.2, 0.25) is 0 Å². The van der Waals surface area contributed by atoms with Gasteiger partial charge in [-0.1, -0.05) is 6.07 Å². The van der Waals surface area contributed by atoms with Gasteiger partial charge in [-0.05, 0) is 37.1 Å². The van der Waals surface area contributed by atoms with Crippen molar-refractivity contribution < 1.29 is 23.8 Å². The molecule has 0 atom stereocenters. The van der Waals surface area contributed by atoms with Crippen LogP contribution < -0.4 is 5.32 Å². The predicted octanol–water partition coefficient (Wildman–Crippen LogP) is 2.08. The van der Waals surface area contributed by atoms with E-state index in [4.69, 9.17) is 9.84 Å². The number of halogens is 1. The van der Waals surface area contributed by atoms with Gasteiger partial charge in [0.15, 0.2) is 0 Å².